The molecule has 5 fully saturated rings. The average molecular weight is 358 g/mol. The first-order valence-electron chi connectivity index (χ1n) is 10.0. The fourth-order valence-corrected chi connectivity index (χ4v) is 7.88. The van der Waals surface area contributed by atoms with Gasteiger partial charge in [0.1, 0.15) is 6.23 Å². The van der Waals surface area contributed by atoms with E-state index in [1.807, 2.05) is 0 Å². The SMILES string of the molecule is CC[C@H]1[C@@H]2C[C@H]3[C@@H]4N(C)c5ccccc5[C@]45C[C@@H]([C@H]2[C@H]5O)N3[C@@H]1O.CO. The minimum Gasteiger partial charge on any atom is -0.400 e. The van der Waals surface area contributed by atoms with Gasteiger partial charge in [-0.3, -0.25) is 4.90 Å². The molecule has 142 valence electrons. The number of piperidine rings is 4. The van der Waals surface area contributed by atoms with Crippen molar-refractivity contribution in [1.82, 2.24) is 4.90 Å². The summed E-state index contributed by atoms with van der Waals surface area (Å²) in [6, 6.07) is 9.70. The van der Waals surface area contributed by atoms with Gasteiger partial charge < -0.3 is 20.2 Å². The fraction of sp³-hybridized carbons (Fsp3) is 0.714. The van der Waals surface area contributed by atoms with Crippen LogP contribution >= 0.6 is 0 Å². The lowest BCUT2D eigenvalue weighted by Gasteiger charge is -2.62. The van der Waals surface area contributed by atoms with Crippen LogP contribution in [0.1, 0.15) is 31.7 Å². The maximum atomic E-state index is 11.6. The smallest absolute Gasteiger partial charge is 0.111 e. The zero-order chi connectivity index (χ0) is 18.4. The van der Waals surface area contributed by atoms with E-state index in [0.717, 1.165) is 26.4 Å². The summed E-state index contributed by atoms with van der Waals surface area (Å²) in [5.74, 6) is 1.14. The third-order valence-electron chi connectivity index (χ3n) is 8.46. The summed E-state index contributed by atoms with van der Waals surface area (Å²) < 4.78 is 0. The van der Waals surface area contributed by atoms with Gasteiger partial charge in [0.15, 0.2) is 0 Å². The Labute approximate surface area is 155 Å². The van der Waals surface area contributed by atoms with Crippen LogP contribution in [0.4, 0.5) is 5.69 Å². The van der Waals surface area contributed by atoms with Crippen LogP contribution < -0.4 is 4.90 Å². The number of hydrogen-bond donors (Lipinski definition) is 3. The third kappa shape index (κ3) is 1.59. The lowest BCUT2D eigenvalue weighted by atomic mass is 9.62. The summed E-state index contributed by atoms with van der Waals surface area (Å²) in [6.45, 7) is 2.19. The Bertz CT molecular complexity index is 727. The van der Waals surface area contributed by atoms with Gasteiger partial charge >= 0.3 is 0 Å². The fourth-order valence-electron chi connectivity index (χ4n) is 7.88. The van der Waals surface area contributed by atoms with Crippen molar-refractivity contribution in [2.45, 2.75) is 62.1 Å². The topological polar surface area (TPSA) is 67.2 Å². The second kappa shape index (κ2) is 5.44. The molecule has 4 saturated heterocycles. The predicted molar refractivity (Wildman–Crippen MR) is 99.9 cm³/mol. The molecule has 5 bridgehead atoms. The lowest BCUT2D eigenvalue weighted by Crippen LogP contribution is -2.72. The molecule has 0 radical (unpaired) electrons. The van der Waals surface area contributed by atoms with Gasteiger partial charge in [-0.15, -0.1) is 0 Å². The van der Waals surface area contributed by atoms with Crippen molar-refractivity contribution < 1.29 is 15.3 Å². The number of likely N-dealkylation sites (N-methyl/N-ethyl adjacent to an activating group) is 1. The number of anilines is 1. The molecule has 5 nitrogen and oxygen atoms in total. The molecular weight excluding hydrogens is 328 g/mol. The largest absolute Gasteiger partial charge is 0.400 e. The quantitative estimate of drug-likeness (QED) is 0.703. The zero-order valence-corrected chi connectivity index (χ0v) is 15.8. The highest BCUT2D eigenvalue weighted by Gasteiger charge is 2.76. The molecule has 7 rings (SSSR count). The van der Waals surface area contributed by atoms with Gasteiger partial charge in [-0.1, -0.05) is 25.1 Å². The van der Waals surface area contributed by atoms with E-state index in [1.165, 1.54) is 11.3 Å². The van der Waals surface area contributed by atoms with E-state index in [2.05, 4.69) is 48.0 Å². The second-order valence-electron chi connectivity index (χ2n) is 8.81. The minimum atomic E-state index is -0.319. The third-order valence-corrected chi connectivity index (χ3v) is 8.46. The van der Waals surface area contributed by atoms with Crippen LogP contribution in [0, 0.1) is 17.8 Å². The summed E-state index contributed by atoms with van der Waals surface area (Å²) in [5.41, 5.74) is 2.51. The summed E-state index contributed by atoms with van der Waals surface area (Å²) in [7, 11) is 3.19. The van der Waals surface area contributed by atoms with Gasteiger partial charge in [-0.25, -0.2) is 0 Å². The van der Waals surface area contributed by atoms with Crippen LogP contribution in [0.5, 0.6) is 0 Å². The Morgan fingerprint density at radius 2 is 1.88 bits per heavy atom. The minimum absolute atomic E-state index is 0.126. The molecule has 6 aliphatic rings. The Hall–Kier alpha value is -1.14. The molecular formula is C21H30N2O3. The lowest BCUT2D eigenvalue weighted by molar-refractivity contribution is -0.211. The molecule has 3 N–H and O–H groups in total. The van der Waals surface area contributed by atoms with E-state index in [4.69, 9.17) is 5.11 Å². The second-order valence-corrected chi connectivity index (χ2v) is 8.81. The van der Waals surface area contributed by atoms with E-state index in [0.29, 0.717) is 35.9 Å². The van der Waals surface area contributed by atoms with Crippen LogP contribution in [0.3, 0.4) is 0 Å². The van der Waals surface area contributed by atoms with Gasteiger partial charge in [0.2, 0.25) is 0 Å². The summed E-state index contributed by atoms with van der Waals surface area (Å²) in [5, 5.41) is 29.6. The van der Waals surface area contributed by atoms with Crippen molar-refractivity contribution in [2.24, 2.45) is 17.8 Å². The van der Waals surface area contributed by atoms with Gasteiger partial charge in [-0.2, -0.15) is 0 Å². The summed E-state index contributed by atoms with van der Waals surface area (Å²) in [4.78, 5) is 4.83. The number of aliphatic hydroxyl groups excluding tert-OH is 3. The van der Waals surface area contributed by atoms with Crippen molar-refractivity contribution in [3.8, 4) is 0 Å². The van der Waals surface area contributed by atoms with Crippen LogP contribution in [0.25, 0.3) is 0 Å². The van der Waals surface area contributed by atoms with Crippen molar-refractivity contribution in [2.75, 3.05) is 19.1 Å². The van der Waals surface area contributed by atoms with Crippen LogP contribution in [-0.4, -0.2) is 64.8 Å². The Morgan fingerprint density at radius 3 is 2.62 bits per heavy atom. The van der Waals surface area contributed by atoms with Gasteiger partial charge in [-0.05, 0) is 36.8 Å². The molecule has 1 aromatic rings. The van der Waals surface area contributed by atoms with E-state index in [9.17, 15) is 10.2 Å². The maximum absolute atomic E-state index is 11.6. The van der Waals surface area contributed by atoms with Crippen molar-refractivity contribution >= 4 is 5.69 Å². The molecule has 5 heteroatoms. The highest BCUT2D eigenvalue weighted by atomic mass is 16.3. The normalized spacial score (nSPS) is 51.8. The average Bonchev–Trinajstić information content (AvgIpc) is 3.06. The first-order valence-corrected chi connectivity index (χ1v) is 10.0. The number of rotatable bonds is 1. The van der Waals surface area contributed by atoms with Gasteiger partial charge in [0, 0.05) is 49.2 Å². The molecule has 5 heterocycles. The number of nitrogens with zero attached hydrogens (tertiary/aromatic N) is 2. The van der Waals surface area contributed by atoms with Crippen molar-refractivity contribution in [3.05, 3.63) is 29.8 Å². The summed E-state index contributed by atoms with van der Waals surface area (Å²) in [6.07, 6.45) is 2.56. The van der Waals surface area contributed by atoms with Gasteiger partial charge in [0.25, 0.3) is 0 Å². The molecule has 1 saturated carbocycles. The van der Waals surface area contributed by atoms with Crippen molar-refractivity contribution in [3.63, 3.8) is 0 Å². The van der Waals surface area contributed by atoms with E-state index in [-0.39, 0.29) is 17.7 Å². The Balaban J connectivity index is 0.000000727. The van der Waals surface area contributed by atoms with Crippen molar-refractivity contribution in [1.29, 1.82) is 0 Å². The molecule has 1 unspecified atom stereocenters. The Kier molecular flexibility index (Phi) is 3.56. The van der Waals surface area contributed by atoms with Crippen LogP contribution in [0.15, 0.2) is 24.3 Å². The number of benzene rings is 1. The molecule has 1 aliphatic carbocycles. The summed E-state index contributed by atoms with van der Waals surface area (Å²) >= 11 is 0. The highest BCUT2D eigenvalue weighted by Crippen LogP contribution is 2.68. The number of para-hydroxylation sites is 1. The number of fused-ring (bicyclic) bond motifs is 2. The molecule has 26 heavy (non-hydrogen) atoms. The van der Waals surface area contributed by atoms with Crippen LogP contribution in [0.2, 0.25) is 0 Å². The van der Waals surface area contributed by atoms with E-state index < -0.39 is 0 Å². The number of hydrogen-bond acceptors (Lipinski definition) is 5. The van der Waals surface area contributed by atoms with E-state index in [1.54, 1.807) is 0 Å². The van der Waals surface area contributed by atoms with Gasteiger partial charge in [0.05, 0.1) is 12.1 Å². The molecule has 10 atom stereocenters. The predicted octanol–water partition coefficient (Wildman–Crippen LogP) is 1.16. The maximum Gasteiger partial charge on any atom is 0.111 e. The Morgan fingerprint density at radius 1 is 1.15 bits per heavy atom. The van der Waals surface area contributed by atoms with E-state index >= 15 is 0 Å². The standard InChI is InChI=1S/C20H26N2O2.CH4O/c1-3-10-11-8-14-17-20(12-6-4-5-7-13(12)21(17)2)9-15(16(11)18(20)23)22(14)19(10)24;1-2/h4-7,10-11,14-19,23-24H,3,8-9H2,1-2H3;2H,1H3/t10-,11-,14-,15-,16-,17-,18+,19+,20+;/m0./s1. The molecule has 0 aromatic heterocycles. The highest BCUT2D eigenvalue weighted by molar-refractivity contribution is 5.67. The number of aliphatic hydroxyl groups is 3. The molecule has 0 amide bonds. The molecule has 5 aliphatic heterocycles. The first kappa shape index (κ1) is 17.0. The first-order chi connectivity index (χ1) is 12.6. The van der Waals surface area contributed by atoms with Crippen LogP contribution in [-0.2, 0) is 5.41 Å². The molecule has 1 spiro atoms. The monoisotopic (exact) mass is 358 g/mol. The molecule has 1 aromatic carbocycles. The zero-order valence-electron chi connectivity index (χ0n) is 15.8.